The Morgan fingerprint density at radius 1 is 1.12 bits per heavy atom. The number of carbonyl (C=O) groups is 1. The molecule has 32 heavy (non-hydrogen) atoms. The Labute approximate surface area is 187 Å². The molecule has 0 N–H and O–H groups in total. The number of ether oxygens (including phenoxy) is 1. The van der Waals surface area contributed by atoms with Crippen molar-refractivity contribution in [2.45, 2.75) is 38.4 Å². The molecular formula is C24H30F3N3O2. The second-order valence-electron chi connectivity index (χ2n) is 8.20. The van der Waals surface area contributed by atoms with Gasteiger partial charge >= 0.3 is 6.18 Å². The second-order valence-corrected chi connectivity index (χ2v) is 8.20. The molecule has 1 aliphatic heterocycles. The molecule has 2 aromatic rings. The molecule has 1 aromatic heterocycles. The summed E-state index contributed by atoms with van der Waals surface area (Å²) in [6, 6.07) is 8.86. The molecule has 0 spiro atoms. The van der Waals surface area contributed by atoms with E-state index >= 15 is 0 Å². The van der Waals surface area contributed by atoms with Gasteiger partial charge in [-0.25, -0.2) is 0 Å². The van der Waals surface area contributed by atoms with E-state index < -0.39 is 11.7 Å². The SMILES string of the molecule is CC(CC(=O)N(CCCN1CCOCC1)Cc1ccncc1)c1ccc(C(F)(F)F)cc1. The van der Waals surface area contributed by atoms with Crippen molar-refractivity contribution in [2.75, 3.05) is 39.4 Å². The standard InChI is InChI=1S/C24H30F3N3O2/c1-19(21-3-5-22(6-4-21)24(25,26)27)17-23(31)30(18-20-7-9-28-10-8-20)12-2-11-29-13-15-32-16-14-29/h3-10,19H,2,11-18H2,1H3. The van der Waals surface area contributed by atoms with Crippen LogP contribution >= 0.6 is 0 Å². The average Bonchev–Trinajstić information content (AvgIpc) is 2.79. The summed E-state index contributed by atoms with van der Waals surface area (Å²) in [5.74, 6) is -0.180. The third-order valence-corrected chi connectivity index (χ3v) is 5.77. The molecule has 1 fully saturated rings. The van der Waals surface area contributed by atoms with Crippen LogP contribution in [0.5, 0.6) is 0 Å². The number of amides is 1. The molecule has 0 bridgehead atoms. The summed E-state index contributed by atoms with van der Waals surface area (Å²) in [6.45, 7) is 7.18. The van der Waals surface area contributed by atoms with Crippen molar-refractivity contribution in [2.24, 2.45) is 0 Å². The van der Waals surface area contributed by atoms with Gasteiger partial charge < -0.3 is 9.64 Å². The summed E-state index contributed by atoms with van der Waals surface area (Å²) in [5, 5.41) is 0. The highest BCUT2D eigenvalue weighted by Gasteiger charge is 2.30. The molecule has 8 heteroatoms. The van der Waals surface area contributed by atoms with Crippen molar-refractivity contribution >= 4 is 5.91 Å². The molecule has 174 valence electrons. The van der Waals surface area contributed by atoms with E-state index in [0.29, 0.717) is 13.1 Å². The minimum absolute atomic E-state index is 0.00353. The van der Waals surface area contributed by atoms with Crippen molar-refractivity contribution < 1.29 is 22.7 Å². The van der Waals surface area contributed by atoms with Crippen molar-refractivity contribution in [1.82, 2.24) is 14.8 Å². The van der Waals surface area contributed by atoms with Crippen molar-refractivity contribution in [3.8, 4) is 0 Å². The summed E-state index contributed by atoms with van der Waals surface area (Å²) in [5.41, 5.74) is 1.05. The van der Waals surface area contributed by atoms with E-state index in [4.69, 9.17) is 4.74 Å². The van der Waals surface area contributed by atoms with Crippen LogP contribution in [0.25, 0.3) is 0 Å². The lowest BCUT2D eigenvalue weighted by Gasteiger charge is -2.29. The zero-order valence-electron chi connectivity index (χ0n) is 18.4. The van der Waals surface area contributed by atoms with Gasteiger partial charge in [0.2, 0.25) is 5.91 Å². The molecule has 2 heterocycles. The molecule has 1 aliphatic rings. The van der Waals surface area contributed by atoms with Gasteiger partial charge in [0, 0.05) is 51.5 Å². The van der Waals surface area contributed by atoms with Gasteiger partial charge in [-0.15, -0.1) is 0 Å². The Balaban J connectivity index is 1.61. The van der Waals surface area contributed by atoms with Crippen molar-refractivity contribution in [3.05, 3.63) is 65.5 Å². The minimum atomic E-state index is -4.36. The Bertz CT molecular complexity index is 838. The molecule has 1 amide bonds. The zero-order chi connectivity index (χ0) is 23.0. The summed E-state index contributed by atoms with van der Waals surface area (Å²) in [6.07, 6.45) is 0.145. The fourth-order valence-corrected chi connectivity index (χ4v) is 3.82. The number of halogens is 3. The number of hydrogen-bond acceptors (Lipinski definition) is 4. The van der Waals surface area contributed by atoms with E-state index in [-0.39, 0.29) is 18.2 Å². The molecule has 1 saturated heterocycles. The molecular weight excluding hydrogens is 419 g/mol. The first-order valence-electron chi connectivity index (χ1n) is 11.0. The normalized spacial score (nSPS) is 16.0. The van der Waals surface area contributed by atoms with Crippen LogP contribution in [0.1, 0.15) is 42.4 Å². The highest BCUT2D eigenvalue weighted by molar-refractivity contribution is 5.77. The van der Waals surface area contributed by atoms with Crippen LogP contribution in [-0.4, -0.2) is 60.1 Å². The first-order chi connectivity index (χ1) is 15.3. The summed E-state index contributed by atoms with van der Waals surface area (Å²) in [7, 11) is 0. The molecule has 3 rings (SSSR count). The molecule has 1 aromatic carbocycles. The van der Waals surface area contributed by atoms with Gasteiger partial charge in [0.1, 0.15) is 0 Å². The molecule has 1 unspecified atom stereocenters. The highest BCUT2D eigenvalue weighted by atomic mass is 19.4. The Hall–Kier alpha value is -2.45. The number of carbonyl (C=O) groups excluding carboxylic acids is 1. The fourth-order valence-electron chi connectivity index (χ4n) is 3.82. The average molecular weight is 450 g/mol. The number of benzene rings is 1. The van der Waals surface area contributed by atoms with Crippen LogP contribution in [0, 0.1) is 0 Å². The van der Waals surface area contributed by atoms with Crippen LogP contribution in [0.15, 0.2) is 48.8 Å². The topological polar surface area (TPSA) is 45.7 Å². The quantitative estimate of drug-likeness (QED) is 0.571. The van der Waals surface area contributed by atoms with Crippen LogP contribution in [0.4, 0.5) is 13.2 Å². The first-order valence-corrected chi connectivity index (χ1v) is 11.0. The van der Waals surface area contributed by atoms with Crippen LogP contribution < -0.4 is 0 Å². The highest BCUT2D eigenvalue weighted by Crippen LogP contribution is 2.30. The number of alkyl halides is 3. The maximum absolute atomic E-state index is 13.1. The van der Waals surface area contributed by atoms with Gasteiger partial charge in [0.25, 0.3) is 0 Å². The second kappa shape index (κ2) is 11.4. The number of pyridine rings is 1. The van der Waals surface area contributed by atoms with Crippen molar-refractivity contribution in [1.29, 1.82) is 0 Å². The van der Waals surface area contributed by atoms with Crippen molar-refractivity contribution in [3.63, 3.8) is 0 Å². The zero-order valence-corrected chi connectivity index (χ0v) is 18.4. The third kappa shape index (κ3) is 7.31. The monoisotopic (exact) mass is 449 g/mol. The van der Waals surface area contributed by atoms with E-state index in [0.717, 1.165) is 62.5 Å². The molecule has 0 saturated carbocycles. The Morgan fingerprint density at radius 3 is 2.41 bits per heavy atom. The maximum Gasteiger partial charge on any atom is 0.416 e. The van der Waals surface area contributed by atoms with E-state index in [2.05, 4.69) is 9.88 Å². The van der Waals surface area contributed by atoms with Gasteiger partial charge in [-0.05, 0) is 47.7 Å². The minimum Gasteiger partial charge on any atom is -0.379 e. The van der Waals surface area contributed by atoms with Gasteiger partial charge in [-0.1, -0.05) is 19.1 Å². The van der Waals surface area contributed by atoms with E-state index in [1.165, 1.54) is 12.1 Å². The third-order valence-electron chi connectivity index (χ3n) is 5.77. The van der Waals surface area contributed by atoms with Gasteiger partial charge in [-0.2, -0.15) is 13.2 Å². The summed E-state index contributed by atoms with van der Waals surface area (Å²) in [4.78, 5) is 21.3. The number of morpholine rings is 1. The first kappa shape index (κ1) is 24.2. The molecule has 1 atom stereocenters. The lowest BCUT2D eigenvalue weighted by Crippen LogP contribution is -2.39. The number of rotatable bonds is 9. The Morgan fingerprint density at radius 2 is 1.78 bits per heavy atom. The predicted octanol–water partition coefficient (Wildman–Crippen LogP) is 4.35. The predicted molar refractivity (Wildman–Crippen MR) is 116 cm³/mol. The van der Waals surface area contributed by atoms with E-state index in [9.17, 15) is 18.0 Å². The lowest BCUT2D eigenvalue weighted by atomic mass is 9.96. The maximum atomic E-state index is 13.1. The van der Waals surface area contributed by atoms with Crippen LogP contribution in [0.3, 0.4) is 0 Å². The number of aromatic nitrogens is 1. The van der Waals surface area contributed by atoms with Gasteiger partial charge in [0.15, 0.2) is 0 Å². The van der Waals surface area contributed by atoms with Gasteiger partial charge in [-0.3, -0.25) is 14.7 Å². The molecule has 5 nitrogen and oxygen atoms in total. The Kier molecular flexibility index (Phi) is 8.64. The fraction of sp³-hybridized carbons (Fsp3) is 0.500. The van der Waals surface area contributed by atoms with Crippen LogP contribution in [-0.2, 0) is 22.3 Å². The molecule has 0 radical (unpaired) electrons. The largest absolute Gasteiger partial charge is 0.416 e. The number of nitrogens with zero attached hydrogens (tertiary/aromatic N) is 3. The number of hydrogen-bond donors (Lipinski definition) is 0. The summed E-state index contributed by atoms with van der Waals surface area (Å²) < 4.78 is 43.8. The van der Waals surface area contributed by atoms with Crippen LogP contribution in [0.2, 0.25) is 0 Å². The summed E-state index contributed by atoms with van der Waals surface area (Å²) >= 11 is 0. The lowest BCUT2D eigenvalue weighted by molar-refractivity contribution is -0.137. The van der Waals surface area contributed by atoms with Gasteiger partial charge in [0.05, 0.1) is 18.8 Å². The van der Waals surface area contributed by atoms with E-state index in [1.807, 2.05) is 24.0 Å². The molecule has 0 aliphatic carbocycles. The smallest absolute Gasteiger partial charge is 0.379 e. The van der Waals surface area contributed by atoms with E-state index in [1.54, 1.807) is 12.4 Å².